The zero-order valence-electron chi connectivity index (χ0n) is 23.5. The Hall–Kier alpha value is -1.31. The van der Waals surface area contributed by atoms with Crippen LogP contribution < -0.4 is 5.32 Å². The van der Waals surface area contributed by atoms with Crippen LogP contribution in [0.4, 0.5) is 0 Å². The summed E-state index contributed by atoms with van der Waals surface area (Å²) in [6.45, 7) is -1.08. The lowest BCUT2D eigenvalue weighted by Crippen LogP contribution is -2.68. The molecule has 0 aromatic carbocycles. The van der Waals surface area contributed by atoms with Crippen molar-refractivity contribution in [1.82, 2.24) is 5.32 Å². The average molecular weight is 646 g/mol. The van der Waals surface area contributed by atoms with Crippen LogP contribution in [0.2, 0.25) is 0 Å². The fraction of sp³-hybridized carbons (Fsp3) is 0.880. The van der Waals surface area contributed by atoms with Crippen molar-refractivity contribution in [3.63, 3.8) is 0 Å². The summed E-state index contributed by atoms with van der Waals surface area (Å²) in [7, 11) is 0. The number of aliphatic hydroxyl groups excluding tert-OH is 13. The number of nitrogens with one attached hydrogen (secondary N) is 1. The van der Waals surface area contributed by atoms with Gasteiger partial charge in [0.1, 0.15) is 79.4 Å². The van der Waals surface area contributed by atoms with Crippen molar-refractivity contribution in [3.05, 3.63) is 11.6 Å². The summed E-state index contributed by atoms with van der Waals surface area (Å²) in [4.78, 5) is 10.9. The van der Waals surface area contributed by atoms with Crippen molar-refractivity contribution in [3.8, 4) is 0 Å². The summed E-state index contributed by atoms with van der Waals surface area (Å²) in [5.41, 5.74) is 0.00900. The van der Waals surface area contributed by atoms with Crippen LogP contribution in [0, 0.1) is 0 Å². The Morgan fingerprint density at radius 2 is 1.52 bits per heavy atom. The molecule has 1 aliphatic carbocycles. The van der Waals surface area contributed by atoms with Crippen molar-refractivity contribution in [1.29, 1.82) is 0 Å². The van der Waals surface area contributed by atoms with E-state index in [0.717, 1.165) is 0 Å². The highest BCUT2D eigenvalue weighted by Gasteiger charge is 2.52. The van der Waals surface area contributed by atoms with Crippen molar-refractivity contribution < 1.29 is 90.1 Å². The molecule has 0 aromatic heterocycles. The van der Waals surface area contributed by atoms with Crippen LogP contribution in [0.15, 0.2) is 11.6 Å². The summed E-state index contributed by atoms with van der Waals surface area (Å²) in [6, 6.07) is -2.21. The van der Waals surface area contributed by atoms with E-state index in [1.807, 2.05) is 0 Å². The highest BCUT2D eigenvalue weighted by Crippen LogP contribution is 2.31. The lowest BCUT2D eigenvalue weighted by atomic mass is 9.86. The lowest BCUT2D eigenvalue weighted by Gasteiger charge is -2.48. The third-order valence-corrected chi connectivity index (χ3v) is 8.03. The Morgan fingerprint density at radius 1 is 0.886 bits per heavy atom. The monoisotopic (exact) mass is 645 g/mol. The van der Waals surface area contributed by atoms with E-state index in [1.165, 1.54) is 13.0 Å². The second-order valence-electron chi connectivity index (χ2n) is 11.0. The first-order valence-corrected chi connectivity index (χ1v) is 13.9. The molecule has 2 fully saturated rings. The largest absolute Gasteiger partial charge is 0.394 e. The van der Waals surface area contributed by atoms with E-state index < -0.39 is 130 Å². The molecule has 0 saturated carbocycles. The number of aliphatic hydroxyl groups is 13. The maximum atomic E-state index is 10.9. The number of rotatable bonds is 13. The number of aldehydes is 1. The second kappa shape index (κ2) is 16.0. The number of hydrogen-bond donors (Lipinski definition) is 14. The summed E-state index contributed by atoms with van der Waals surface area (Å²) in [5, 5.41) is 135. The first-order chi connectivity index (χ1) is 20.7. The molecule has 2 aliphatic heterocycles. The van der Waals surface area contributed by atoms with Crippen LogP contribution in [0.25, 0.3) is 0 Å². The van der Waals surface area contributed by atoms with E-state index in [9.17, 15) is 71.2 Å². The van der Waals surface area contributed by atoms with E-state index in [4.69, 9.17) is 18.9 Å². The van der Waals surface area contributed by atoms with Gasteiger partial charge in [-0.25, -0.2) is 0 Å². The Bertz CT molecular complexity index is 943. The van der Waals surface area contributed by atoms with Crippen molar-refractivity contribution >= 4 is 6.29 Å². The summed E-state index contributed by atoms with van der Waals surface area (Å²) in [6.07, 6.45) is -26.8. The van der Waals surface area contributed by atoms with Crippen LogP contribution in [-0.4, -0.2) is 203 Å². The summed E-state index contributed by atoms with van der Waals surface area (Å²) in [5.74, 6) is 0. The molecule has 3 aliphatic rings. The molecular weight excluding hydrogens is 602 g/mol. The molecule has 0 aromatic rings. The van der Waals surface area contributed by atoms with Gasteiger partial charge >= 0.3 is 0 Å². The number of hydrogen-bond acceptors (Lipinski definition) is 19. The first-order valence-electron chi connectivity index (χ1n) is 13.9. The van der Waals surface area contributed by atoms with E-state index >= 15 is 0 Å². The molecular formula is C25H43NO18. The minimum absolute atomic E-state index is 0.00900. The van der Waals surface area contributed by atoms with E-state index in [-0.39, 0.29) is 11.9 Å². The van der Waals surface area contributed by atoms with Gasteiger partial charge in [-0.1, -0.05) is 6.08 Å². The Balaban J connectivity index is 1.71. The third-order valence-electron chi connectivity index (χ3n) is 8.03. The van der Waals surface area contributed by atoms with Gasteiger partial charge in [-0.15, -0.1) is 0 Å². The molecule has 2 heterocycles. The smallest absolute Gasteiger partial charge is 0.187 e. The van der Waals surface area contributed by atoms with Crippen LogP contribution in [0.3, 0.4) is 0 Å². The van der Waals surface area contributed by atoms with Gasteiger partial charge in [0, 0.05) is 0 Å². The molecule has 256 valence electrons. The quantitative estimate of drug-likeness (QED) is 0.0653. The first kappa shape index (κ1) is 37.2. The Kier molecular flexibility index (Phi) is 13.5. The van der Waals surface area contributed by atoms with Gasteiger partial charge < -0.3 is 95.4 Å². The highest BCUT2D eigenvalue weighted by molar-refractivity contribution is 5.56. The second-order valence-corrected chi connectivity index (χ2v) is 11.0. The van der Waals surface area contributed by atoms with Gasteiger partial charge in [0.2, 0.25) is 0 Å². The minimum Gasteiger partial charge on any atom is -0.394 e. The molecule has 0 amide bonds. The minimum atomic E-state index is -2.10. The van der Waals surface area contributed by atoms with Gasteiger partial charge in [0.25, 0.3) is 0 Å². The third kappa shape index (κ3) is 7.79. The Morgan fingerprint density at radius 3 is 2.09 bits per heavy atom. The fourth-order valence-electron chi connectivity index (χ4n) is 5.36. The van der Waals surface area contributed by atoms with Gasteiger partial charge in [-0.05, 0) is 12.5 Å². The summed E-state index contributed by atoms with van der Waals surface area (Å²) >= 11 is 0. The van der Waals surface area contributed by atoms with Crippen molar-refractivity contribution in [2.75, 3.05) is 19.8 Å². The SMILES string of the molecule is C[C@H]1O[C@@H](O[C@H]2[C@@H](O)[C@@H](O)[C@@H](O[C@@H]([C@@H](O)[C@@H](O)C=O)[C@H](O)CO)O[C@@H]2CO)[C@H](O)[C@@H](O)[C@@H]1N[C@H]1C=C(CO)[C@@H](O)[C@H](O)[C@H]1O. The average Bonchev–Trinajstić information content (AvgIpc) is 3.02. The fourth-order valence-corrected chi connectivity index (χ4v) is 5.36. The standard InChI is InChI=1S/C25H43NO18/c1-7-13(26-9-2-8(3-27)14(33)18(37)15(9)34)17(36)20(39)24(41-7)44-23-12(6-30)42-25(21(40)19(23)38)43-22(11(32)5-29)16(35)10(31)4-28/h2,4,7,9-27,29-40H,3,5-6H2,1H3/t7-,9+,10+,11-,12-,13-,14-,15+,16+,17+,18+,19+,20-,21-,22-,23-,24+,25-/m1/s1. The maximum Gasteiger partial charge on any atom is 0.187 e. The number of carbonyl (C=O) groups excluding carboxylic acids is 1. The molecule has 0 spiro atoms. The van der Waals surface area contributed by atoms with Crippen molar-refractivity contribution in [2.45, 2.75) is 117 Å². The molecule has 19 heteroatoms. The van der Waals surface area contributed by atoms with Crippen LogP contribution >= 0.6 is 0 Å². The maximum absolute atomic E-state index is 10.9. The predicted molar refractivity (Wildman–Crippen MR) is 139 cm³/mol. The lowest BCUT2D eigenvalue weighted by molar-refractivity contribution is -0.361. The molecule has 19 nitrogen and oxygen atoms in total. The van der Waals surface area contributed by atoms with E-state index in [2.05, 4.69) is 5.32 Å². The van der Waals surface area contributed by atoms with Crippen LogP contribution in [0.5, 0.6) is 0 Å². The number of ether oxygens (including phenoxy) is 4. The predicted octanol–water partition coefficient (Wildman–Crippen LogP) is -8.72. The molecule has 44 heavy (non-hydrogen) atoms. The normalized spacial score (nSPS) is 44.4. The molecule has 18 atom stereocenters. The number of carbonyl (C=O) groups is 1. The zero-order valence-corrected chi connectivity index (χ0v) is 23.5. The molecule has 0 radical (unpaired) electrons. The van der Waals surface area contributed by atoms with Crippen LogP contribution in [0.1, 0.15) is 6.92 Å². The van der Waals surface area contributed by atoms with Gasteiger partial charge in [-0.2, -0.15) is 0 Å². The molecule has 0 bridgehead atoms. The van der Waals surface area contributed by atoms with Gasteiger partial charge in [0.05, 0.1) is 38.0 Å². The van der Waals surface area contributed by atoms with Crippen molar-refractivity contribution in [2.24, 2.45) is 0 Å². The van der Waals surface area contributed by atoms with E-state index in [1.54, 1.807) is 0 Å². The Labute approximate surface area is 250 Å². The molecule has 3 rings (SSSR count). The summed E-state index contributed by atoms with van der Waals surface area (Å²) < 4.78 is 22.0. The molecule has 2 saturated heterocycles. The van der Waals surface area contributed by atoms with Gasteiger partial charge in [-0.3, -0.25) is 0 Å². The molecule has 0 unspecified atom stereocenters. The molecule has 14 N–H and O–H groups in total. The topological polar surface area (TPSA) is 329 Å². The van der Waals surface area contributed by atoms with E-state index in [0.29, 0.717) is 0 Å². The van der Waals surface area contributed by atoms with Crippen LogP contribution in [-0.2, 0) is 23.7 Å². The van der Waals surface area contributed by atoms with Gasteiger partial charge in [0.15, 0.2) is 18.9 Å². The zero-order chi connectivity index (χ0) is 33.0. The highest BCUT2D eigenvalue weighted by atomic mass is 16.7.